The summed E-state index contributed by atoms with van der Waals surface area (Å²) < 4.78 is 24.5. The largest absolute Gasteiger partial charge is 0.355 e. The van der Waals surface area contributed by atoms with Gasteiger partial charge in [0, 0.05) is 18.0 Å². The molecule has 136 valence electrons. The van der Waals surface area contributed by atoms with Gasteiger partial charge in [0.25, 0.3) is 0 Å². The number of anilines is 2. The second kappa shape index (κ2) is 7.47. The van der Waals surface area contributed by atoms with Crippen LogP contribution >= 0.6 is 11.3 Å². The molecule has 0 amide bonds. The molecule has 1 N–H and O–H groups in total. The van der Waals surface area contributed by atoms with Crippen LogP contribution in [0.4, 0.5) is 10.8 Å². The zero-order chi connectivity index (χ0) is 18.7. The fourth-order valence-corrected chi connectivity index (χ4v) is 3.83. The summed E-state index contributed by atoms with van der Waals surface area (Å²) in [6.07, 6.45) is 1.19. The number of hydrogen-bond donors (Lipinski definition) is 1. The highest BCUT2D eigenvalue weighted by molar-refractivity contribution is 7.92. The topological polar surface area (TPSA) is 62.3 Å². The highest BCUT2D eigenvalue weighted by atomic mass is 32.2. The van der Waals surface area contributed by atoms with Crippen LogP contribution in [0, 0.1) is 0 Å². The number of nitrogens with zero attached hydrogens (tertiary/aromatic N) is 2. The second-order valence-corrected chi connectivity index (χ2v) is 8.96. The molecular weight excluding hydrogens is 366 g/mol. The summed E-state index contributed by atoms with van der Waals surface area (Å²) in [5, 5.41) is 6.27. The van der Waals surface area contributed by atoms with Gasteiger partial charge in [-0.1, -0.05) is 42.5 Å². The summed E-state index contributed by atoms with van der Waals surface area (Å²) >= 11 is 1.55. The quantitative estimate of drug-likeness (QED) is 0.682. The van der Waals surface area contributed by atoms with E-state index in [1.165, 1.54) is 16.1 Å². The molecule has 0 aliphatic rings. The van der Waals surface area contributed by atoms with Crippen LogP contribution in [0.2, 0.25) is 0 Å². The summed E-state index contributed by atoms with van der Waals surface area (Å²) in [5.41, 5.74) is 3.65. The molecule has 1 aromatic heterocycles. The third kappa shape index (κ3) is 4.23. The highest BCUT2D eigenvalue weighted by Gasteiger charge is 2.13. The summed E-state index contributed by atoms with van der Waals surface area (Å²) in [6.45, 7) is 2.10. The van der Waals surface area contributed by atoms with Gasteiger partial charge >= 0.3 is 0 Å². The molecule has 0 aliphatic heterocycles. The van der Waals surface area contributed by atoms with E-state index in [0.717, 1.165) is 16.4 Å². The van der Waals surface area contributed by atoms with Gasteiger partial charge in [-0.05, 0) is 24.6 Å². The molecule has 0 saturated carbocycles. The standard InChI is InChI=1S/C19H21N3O2S2/c1-14(15-7-5-4-6-8-15)20-19-21-18(13-25-19)16-9-11-17(12-10-16)22(2)26(3,23)24/h4-14H,1-3H3,(H,20,21)/t14-/m0/s1. The first-order valence-corrected chi connectivity index (χ1v) is 10.9. The minimum atomic E-state index is -3.26. The first-order chi connectivity index (χ1) is 12.3. The Kier molecular flexibility index (Phi) is 5.29. The van der Waals surface area contributed by atoms with Crippen LogP contribution in [0.15, 0.2) is 60.0 Å². The van der Waals surface area contributed by atoms with E-state index in [9.17, 15) is 8.42 Å². The van der Waals surface area contributed by atoms with E-state index in [-0.39, 0.29) is 6.04 Å². The number of hydrogen-bond acceptors (Lipinski definition) is 5. The normalized spacial score (nSPS) is 12.6. The van der Waals surface area contributed by atoms with Gasteiger partial charge in [0.2, 0.25) is 10.0 Å². The van der Waals surface area contributed by atoms with Crippen LogP contribution < -0.4 is 9.62 Å². The summed E-state index contributed by atoms with van der Waals surface area (Å²) in [5.74, 6) is 0. The minimum Gasteiger partial charge on any atom is -0.355 e. The number of rotatable bonds is 6. The lowest BCUT2D eigenvalue weighted by Gasteiger charge is -2.16. The van der Waals surface area contributed by atoms with Crippen LogP contribution in [0.25, 0.3) is 11.3 Å². The SMILES string of the molecule is C[C@H](Nc1nc(-c2ccc(N(C)S(C)(=O)=O)cc2)cs1)c1ccccc1. The number of sulfonamides is 1. The fraction of sp³-hybridized carbons (Fsp3) is 0.211. The van der Waals surface area contributed by atoms with Crippen molar-refractivity contribution in [3.05, 3.63) is 65.5 Å². The van der Waals surface area contributed by atoms with Gasteiger partial charge in [-0.15, -0.1) is 11.3 Å². The van der Waals surface area contributed by atoms with Crippen LogP contribution in [0.5, 0.6) is 0 Å². The number of aromatic nitrogens is 1. The van der Waals surface area contributed by atoms with Crippen molar-refractivity contribution in [2.24, 2.45) is 0 Å². The molecule has 1 atom stereocenters. The molecule has 5 nitrogen and oxygen atoms in total. The fourth-order valence-electron chi connectivity index (χ4n) is 2.52. The Morgan fingerprint density at radius 2 is 1.73 bits per heavy atom. The van der Waals surface area contributed by atoms with E-state index >= 15 is 0 Å². The second-order valence-electron chi connectivity index (χ2n) is 6.09. The average Bonchev–Trinajstić information content (AvgIpc) is 3.09. The van der Waals surface area contributed by atoms with Crippen LogP contribution in [0.3, 0.4) is 0 Å². The predicted octanol–water partition coefficient (Wildman–Crippen LogP) is 4.38. The lowest BCUT2D eigenvalue weighted by molar-refractivity contribution is 0.600. The van der Waals surface area contributed by atoms with Crippen molar-refractivity contribution in [3.63, 3.8) is 0 Å². The monoisotopic (exact) mass is 387 g/mol. The Balaban J connectivity index is 1.73. The van der Waals surface area contributed by atoms with Crippen LogP contribution in [-0.2, 0) is 10.0 Å². The van der Waals surface area contributed by atoms with Crippen molar-refractivity contribution in [2.45, 2.75) is 13.0 Å². The first-order valence-electron chi connectivity index (χ1n) is 8.16. The van der Waals surface area contributed by atoms with E-state index in [0.29, 0.717) is 5.69 Å². The van der Waals surface area contributed by atoms with E-state index in [2.05, 4.69) is 29.4 Å². The predicted molar refractivity (Wildman–Crippen MR) is 109 cm³/mol. The van der Waals surface area contributed by atoms with E-state index < -0.39 is 10.0 Å². The Morgan fingerprint density at radius 1 is 1.08 bits per heavy atom. The molecule has 0 fully saturated rings. The summed E-state index contributed by atoms with van der Waals surface area (Å²) in [4.78, 5) is 4.64. The molecule has 0 radical (unpaired) electrons. The molecule has 0 aliphatic carbocycles. The molecule has 0 spiro atoms. The maximum absolute atomic E-state index is 11.6. The summed E-state index contributed by atoms with van der Waals surface area (Å²) in [6, 6.07) is 17.7. The first kappa shape index (κ1) is 18.4. The third-order valence-electron chi connectivity index (χ3n) is 4.17. The molecule has 1 heterocycles. The molecule has 0 bridgehead atoms. The van der Waals surface area contributed by atoms with Gasteiger partial charge in [-0.2, -0.15) is 0 Å². The van der Waals surface area contributed by atoms with Gasteiger partial charge in [0.05, 0.1) is 23.7 Å². The summed E-state index contributed by atoms with van der Waals surface area (Å²) in [7, 11) is -1.72. The van der Waals surface area contributed by atoms with Crippen molar-refractivity contribution in [3.8, 4) is 11.3 Å². The molecule has 0 saturated heterocycles. The maximum atomic E-state index is 11.6. The molecule has 2 aromatic carbocycles. The Labute approximate surface area is 158 Å². The van der Waals surface area contributed by atoms with Gasteiger partial charge in [0.15, 0.2) is 5.13 Å². The number of benzene rings is 2. The number of thiazole rings is 1. The van der Waals surface area contributed by atoms with Crippen LogP contribution in [-0.4, -0.2) is 26.7 Å². The van der Waals surface area contributed by atoms with Crippen LogP contribution in [0.1, 0.15) is 18.5 Å². The third-order valence-corrected chi connectivity index (χ3v) is 6.15. The smallest absolute Gasteiger partial charge is 0.231 e. The van der Waals surface area contributed by atoms with Crippen molar-refractivity contribution in [1.82, 2.24) is 4.98 Å². The van der Waals surface area contributed by atoms with E-state index in [1.807, 2.05) is 35.7 Å². The molecule has 26 heavy (non-hydrogen) atoms. The zero-order valence-electron chi connectivity index (χ0n) is 14.9. The molecule has 7 heteroatoms. The Bertz CT molecular complexity index is 968. The highest BCUT2D eigenvalue weighted by Crippen LogP contribution is 2.29. The maximum Gasteiger partial charge on any atom is 0.231 e. The van der Waals surface area contributed by atoms with Gasteiger partial charge in [-0.25, -0.2) is 13.4 Å². The van der Waals surface area contributed by atoms with Crippen molar-refractivity contribution < 1.29 is 8.42 Å². The number of nitrogens with one attached hydrogen (secondary N) is 1. The van der Waals surface area contributed by atoms with Gasteiger partial charge < -0.3 is 5.32 Å². The molecular formula is C19H21N3O2S2. The lowest BCUT2D eigenvalue weighted by atomic mass is 10.1. The molecule has 3 aromatic rings. The van der Waals surface area contributed by atoms with Gasteiger partial charge in [0.1, 0.15) is 0 Å². The van der Waals surface area contributed by atoms with E-state index in [1.54, 1.807) is 30.5 Å². The van der Waals surface area contributed by atoms with E-state index in [4.69, 9.17) is 0 Å². The Hall–Kier alpha value is -2.38. The van der Waals surface area contributed by atoms with Crippen molar-refractivity contribution in [2.75, 3.05) is 22.9 Å². The molecule has 3 rings (SSSR count). The average molecular weight is 388 g/mol. The van der Waals surface area contributed by atoms with Gasteiger partial charge in [-0.3, -0.25) is 4.31 Å². The zero-order valence-corrected chi connectivity index (χ0v) is 16.5. The minimum absolute atomic E-state index is 0.168. The van der Waals surface area contributed by atoms with Crippen molar-refractivity contribution in [1.29, 1.82) is 0 Å². The molecule has 0 unspecified atom stereocenters. The lowest BCUT2D eigenvalue weighted by Crippen LogP contribution is -2.24. The van der Waals surface area contributed by atoms with Crippen molar-refractivity contribution >= 4 is 32.2 Å². The Morgan fingerprint density at radius 3 is 2.35 bits per heavy atom.